The number of nitrogens with one attached hydrogen (secondary N) is 1. The van der Waals surface area contributed by atoms with Gasteiger partial charge in [-0.3, -0.25) is 15.0 Å². The summed E-state index contributed by atoms with van der Waals surface area (Å²) in [4.78, 5) is 23.2. The third-order valence-corrected chi connectivity index (χ3v) is 2.70. The van der Waals surface area contributed by atoms with Crippen LogP contribution in [0.5, 0.6) is 0 Å². The maximum absolute atomic E-state index is 11.1. The highest BCUT2D eigenvalue weighted by Crippen LogP contribution is 2.27. The number of nitrogens with zero attached hydrogens (tertiary/aromatic N) is 1. The van der Waals surface area contributed by atoms with Crippen molar-refractivity contribution >= 4 is 11.9 Å². The van der Waals surface area contributed by atoms with E-state index in [0.717, 1.165) is 0 Å². The third-order valence-electron chi connectivity index (χ3n) is 2.70. The van der Waals surface area contributed by atoms with Crippen LogP contribution in [0, 0.1) is 5.92 Å². The zero-order valence-corrected chi connectivity index (χ0v) is 8.99. The minimum Gasteiger partial charge on any atom is -0.387 e. The standard InChI is InChI=1S/C9H17N3O3/c1-6(2)9(15)4-12(5-9)3-7(13)11-8(10)14/h6,15H,3-5H2,1-2H3,(H3,10,11,13,14). The highest BCUT2D eigenvalue weighted by Gasteiger charge is 2.43. The number of hydrogen-bond acceptors (Lipinski definition) is 4. The van der Waals surface area contributed by atoms with Crippen molar-refractivity contribution in [2.75, 3.05) is 19.6 Å². The molecule has 0 bridgehead atoms. The zero-order valence-electron chi connectivity index (χ0n) is 8.99. The number of rotatable bonds is 3. The van der Waals surface area contributed by atoms with Gasteiger partial charge in [-0.1, -0.05) is 13.8 Å². The van der Waals surface area contributed by atoms with Crippen LogP contribution in [0.4, 0.5) is 4.79 Å². The summed E-state index contributed by atoms with van der Waals surface area (Å²) in [6.07, 6.45) is 0. The number of nitrogens with two attached hydrogens (primary N) is 1. The number of aliphatic hydroxyl groups is 1. The summed E-state index contributed by atoms with van der Waals surface area (Å²) in [5.41, 5.74) is 4.09. The summed E-state index contributed by atoms with van der Waals surface area (Å²) in [5, 5.41) is 11.9. The van der Waals surface area contributed by atoms with Gasteiger partial charge in [0.15, 0.2) is 0 Å². The van der Waals surface area contributed by atoms with Crippen LogP contribution < -0.4 is 11.1 Å². The molecule has 0 aromatic heterocycles. The van der Waals surface area contributed by atoms with Gasteiger partial charge in [-0.05, 0) is 5.92 Å². The molecule has 3 amide bonds. The first kappa shape index (κ1) is 11.9. The molecule has 0 aromatic rings. The Labute approximate surface area is 88.4 Å². The summed E-state index contributed by atoms with van der Waals surface area (Å²) in [6.45, 7) is 4.87. The highest BCUT2D eigenvalue weighted by molar-refractivity contribution is 5.94. The first-order valence-corrected chi connectivity index (χ1v) is 4.87. The van der Waals surface area contributed by atoms with Crippen molar-refractivity contribution in [3.05, 3.63) is 0 Å². The van der Waals surface area contributed by atoms with Gasteiger partial charge in [-0.15, -0.1) is 0 Å². The lowest BCUT2D eigenvalue weighted by Gasteiger charge is -2.48. The van der Waals surface area contributed by atoms with E-state index in [0.29, 0.717) is 13.1 Å². The normalized spacial score (nSPS) is 19.7. The van der Waals surface area contributed by atoms with Crippen molar-refractivity contribution < 1.29 is 14.7 Å². The summed E-state index contributed by atoms with van der Waals surface area (Å²) in [5.74, 6) is -0.277. The molecule has 0 radical (unpaired) electrons. The summed E-state index contributed by atoms with van der Waals surface area (Å²) in [7, 11) is 0. The molecule has 1 aliphatic rings. The van der Waals surface area contributed by atoms with Crippen LogP contribution in [-0.4, -0.2) is 47.2 Å². The summed E-state index contributed by atoms with van der Waals surface area (Å²) in [6, 6.07) is -0.848. The fourth-order valence-electron chi connectivity index (χ4n) is 1.59. The van der Waals surface area contributed by atoms with E-state index in [4.69, 9.17) is 5.73 Å². The van der Waals surface area contributed by atoms with Gasteiger partial charge in [0.05, 0.1) is 12.1 Å². The summed E-state index contributed by atoms with van der Waals surface area (Å²) < 4.78 is 0. The number of likely N-dealkylation sites (tertiary alicyclic amines) is 1. The van der Waals surface area contributed by atoms with E-state index in [-0.39, 0.29) is 12.5 Å². The molecule has 1 rings (SSSR count). The molecule has 6 heteroatoms. The maximum Gasteiger partial charge on any atom is 0.318 e. The summed E-state index contributed by atoms with van der Waals surface area (Å²) >= 11 is 0. The number of imide groups is 1. The van der Waals surface area contributed by atoms with E-state index < -0.39 is 17.5 Å². The Hall–Kier alpha value is -1.14. The Morgan fingerprint density at radius 1 is 1.53 bits per heavy atom. The first-order chi connectivity index (χ1) is 6.83. The molecule has 1 aliphatic heterocycles. The quantitative estimate of drug-likeness (QED) is 0.556. The molecule has 1 saturated heterocycles. The van der Waals surface area contributed by atoms with Gasteiger partial charge >= 0.3 is 6.03 Å². The zero-order chi connectivity index (χ0) is 11.6. The van der Waals surface area contributed by atoms with Crippen LogP contribution in [0.25, 0.3) is 0 Å². The molecule has 4 N–H and O–H groups in total. The van der Waals surface area contributed by atoms with Crippen LogP contribution >= 0.6 is 0 Å². The van der Waals surface area contributed by atoms with Crippen LogP contribution in [0.1, 0.15) is 13.8 Å². The molecular formula is C9H17N3O3. The van der Waals surface area contributed by atoms with Crippen molar-refractivity contribution in [2.45, 2.75) is 19.4 Å². The fourth-order valence-corrected chi connectivity index (χ4v) is 1.59. The molecule has 0 unspecified atom stereocenters. The third kappa shape index (κ3) is 2.90. The predicted molar refractivity (Wildman–Crippen MR) is 54.0 cm³/mol. The molecule has 0 aromatic carbocycles. The molecule has 1 heterocycles. The van der Waals surface area contributed by atoms with Crippen LogP contribution in [-0.2, 0) is 4.79 Å². The molecule has 15 heavy (non-hydrogen) atoms. The van der Waals surface area contributed by atoms with Crippen LogP contribution in [0.15, 0.2) is 0 Å². The van der Waals surface area contributed by atoms with Crippen molar-refractivity contribution in [3.8, 4) is 0 Å². The average Bonchev–Trinajstić information content (AvgIpc) is 1.98. The lowest BCUT2D eigenvalue weighted by molar-refractivity contribution is -0.141. The van der Waals surface area contributed by atoms with Crippen LogP contribution in [0.3, 0.4) is 0 Å². The van der Waals surface area contributed by atoms with Crippen molar-refractivity contribution in [1.29, 1.82) is 0 Å². The Balaban J connectivity index is 2.28. The number of urea groups is 1. The Kier molecular flexibility index (Phi) is 3.31. The second-order valence-corrected chi connectivity index (χ2v) is 4.32. The SMILES string of the molecule is CC(C)C1(O)CN(CC(=O)NC(N)=O)C1. The first-order valence-electron chi connectivity index (χ1n) is 4.87. The van der Waals surface area contributed by atoms with Gasteiger partial charge in [-0.25, -0.2) is 4.79 Å². The molecule has 0 spiro atoms. The van der Waals surface area contributed by atoms with E-state index in [9.17, 15) is 14.7 Å². The van der Waals surface area contributed by atoms with E-state index in [2.05, 4.69) is 0 Å². The molecule has 0 saturated carbocycles. The highest BCUT2D eigenvalue weighted by atomic mass is 16.3. The van der Waals surface area contributed by atoms with E-state index in [1.165, 1.54) is 0 Å². The van der Waals surface area contributed by atoms with Gasteiger partial charge in [0.25, 0.3) is 0 Å². The van der Waals surface area contributed by atoms with E-state index >= 15 is 0 Å². The van der Waals surface area contributed by atoms with Crippen molar-refractivity contribution in [3.63, 3.8) is 0 Å². The average molecular weight is 215 g/mol. The minimum atomic E-state index is -0.848. The van der Waals surface area contributed by atoms with Gasteiger partial charge in [0.1, 0.15) is 0 Å². The minimum absolute atomic E-state index is 0.0952. The fraction of sp³-hybridized carbons (Fsp3) is 0.778. The molecule has 0 atom stereocenters. The predicted octanol–water partition coefficient (Wildman–Crippen LogP) is -1.12. The van der Waals surface area contributed by atoms with Crippen molar-refractivity contribution in [2.24, 2.45) is 11.7 Å². The van der Waals surface area contributed by atoms with Gasteiger partial charge < -0.3 is 10.8 Å². The smallest absolute Gasteiger partial charge is 0.318 e. The van der Waals surface area contributed by atoms with E-state index in [1.807, 2.05) is 19.2 Å². The Morgan fingerprint density at radius 2 is 2.07 bits per heavy atom. The maximum atomic E-state index is 11.1. The monoisotopic (exact) mass is 215 g/mol. The topological polar surface area (TPSA) is 95.7 Å². The second kappa shape index (κ2) is 4.16. The molecule has 86 valence electrons. The molecule has 6 nitrogen and oxygen atoms in total. The van der Waals surface area contributed by atoms with Gasteiger partial charge in [0.2, 0.25) is 5.91 Å². The molecular weight excluding hydrogens is 198 g/mol. The van der Waals surface area contributed by atoms with Crippen molar-refractivity contribution in [1.82, 2.24) is 10.2 Å². The lowest BCUT2D eigenvalue weighted by atomic mass is 9.83. The largest absolute Gasteiger partial charge is 0.387 e. The lowest BCUT2D eigenvalue weighted by Crippen LogP contribution is -2.65. The number of β-amino-alcohol motifs (C(OH)–C–C–N with tert-alkyl or cyclic N) is 1. The number of hydrogen-bond donors (Lipinski definition) is 3. The Bertz CT molecular complexity index is 272. The van der Waals surface area contributed by atoms with Crippen LogP contribution in [0.2, 0.25) is 0 Å². The van der Waals surface area contributed by atoms with Gasteiger partial charge in [0, 0.05) is 13.1 Å². The number of carbonyl (C=O) groups is 2. The number of primary amides is 1. The molecule has 1 fully saturated rings. The van der Waals surface area contributed by atoms with Gasteiger partial charge in [-0.2, -0.15) is 0 Å². The van der Waals surface area contributed by atoms with E-state index in [1.54, 1.807) is 4.90 Å². The number of carbonyl (C=O) groups excluding carboxylic acids is 2. The molecule has 0 aliphatic carbocycles. The second-order valence-electron chi connectivity index (χ2n) is 4.32. The Morgan fingerprint density at radius 3 is 2.47 bits per heavy atom. The number of amides is 3.